The molecule has 0 saturated heterocycles. The van der Waals surface area contributed by atoms with Crippen molar-refractivity contribution in [3.63, 3.8) is 0 Å². The monoisotopic (exact) mass is 534 g/mol. The fraction of sp³-hybridized carbons (Fsp3) is 0. The zero-order chi connectivity index (χ0) is 27.0. The molecule has 0 heterocycles. The molecule has 0 saturated carbocycles. The van der Waals surface area contributed by atoms with Gasteiger partial charge in [-0.3, -0.25) is 0 Å². The van der Waals surface area contributed by atoms with E-state index in [1.807, 2.05) is 0 Å². The van der Waals surface area contributed by atoms with Gasteiger partial charge in [0.15, 0.2) is 0 Å². The van der Waals surface area contributed by atoms with Crippen molar-refractivity contribution in [3.8, 4) is 0 Å². The van der Waals surface area contributed by atoms with E-state index in [-0.39, 0.29) is 0 Å². The van der Waals surface area contributed by atoms with Gasteiger partial charge < -0.3 is 20.4 Å². The highest BCUT2D eigenvalue weighted by Gasteiger charge is 2.30. The van der Waals surface area contributed by atoms with E-state index in [9.17, 15) is 46.2 Å². The molecular formula is C22H14O12S2. The van der Waals surface area contributed by atoms with Crippen LogP contribution in [0.5, 0.6) is 0 Å². The first kappa shape index (κ1) is 26.1. The summed E-state index contributed by atoms with van der Waals surface area (Å²) >= 11 is 0. The molecule has 0 unspecified atom stereocenters. The third kappa shape index (κ3) is 4.67. The Bertz CT molecular complexity index is 1550. The molecule has 0 radical (unpaired) electrons. The Hall–Kier alpha value is -4.56. The Kier molecular flexibility index (Phi) is 6.69. The molecule has 0 fully saturated rings. The summed E-state index contributed by atoms with van der Waals surface area (Å²) in [6, 6.07) is 8.18. The van der Waals surface area contributed by atoms with E-state index in [0.717, 1.165) is 42.5 Å². The number of rotatable bonds is 8. The van der Waals surface area contributed by atoms with Crippen LogP contribution in [0, 0.1) is 0 Å². The summed E-state index contributed by atoms with van der Waals surface area (Å²) in [6.45, 7) is 0. The third-order valence-corrected chi connectivity index (χ3v) is 8.54. The molecule has 0 aliphatic rings. The van der Waals surface area contributed by atoms with Gasteiger partial charge >= 0.3 is 23.9 Å². The van der Waals surface area contributed by atoms with Gasteiger partial charge in [-0.25, -0.2) is 36.0 Å². The number of benzene rings is 3. The molecule has 0 aliphatic heterocycles. The molecule has 0 spiro atoms. The smallest absolute Gasteiger partial charge is 0.337 e. The largest absolute Gasteiger partial charge is 0.478 e. The van der Waals surface area contributed by atoms with E-state index in [1.54, 1.807) is 0 Å². The highest BCUT2D eigenvalue weighted by atomic mass is 32.2. The van der Waals surface area contributed by atoms with E-state index in [0.29, 0.717) is 18.2 Å². The Morgan fingerprint density at radius 2 is 0.861 bits per heavy atom. The molecule has 0 amide bonds. The van der Waals surface area contributed by atoms with Crippen molar-refractivity contribution in [1.29, 1.82) is 0 Å². The fourth-order valence-electron chi connectivity index (χ4n) is 3.19. The van der Waals surface area contributed by atoms with Crippen molar-refractivity contribution in [2.75, 3.05) is 0 Å². The molecule has 0 aliphatic carbocycles. The van der Waals surface area contributed by atoms with Crippen LogP contribution in [0.2, 0.25) is 0 Å². The Labute approximate surface area is 202 Å². The quantitative estimate of drug-likeness (QED) is 0.327. The second-order valence-corrected chi connectivity index (χ2v) is 11.0. The van der Waals surface area contributed by atoms with Crippen LogP contribution in [0.15, 0.2) is 80.2 Å². The lowest BCUT2D eigenvalue weighted by atomic mass is 10.1. The highest BCUT2D eigenvalue weighted by molar-refractivity contribution is 7.92. The first-order valence-corrected chi connectivity index (χ1v) is 12.5. The van der Waals surface area contributed by atoms with Crippen LogP contribution in [0.4, 0.5) is 0 Å². The average molecular weight is 534 g/mol. The van der Waals surface area contributed by atoms with Gasteiger partial charge in [0.05, 0.1) is 41.8 Å². The lowest BCUT2D eigenvalue weighted by Gasteiger charge is -2.12. The minimum Gasteiger partial charge on any atom is -0.478 e. The summed E-state index contributed by atoms with van der Waals surface area (Å²) < 4.78 is 52.7. The topological polar surface area (TPSA) is 217 Å². The number of carboxylic acids is 4. The zero-order valence-electron chi connectivity index (χ0n) is 17.6. The van der Waals surface area contributed by atoms with Crippen molar-refractivity contribution < 1.29 is 56.4 Å². The second kappa shape index (κ2) is 9.24. The van der Waals surface area contributed by atoms with E-state index in [2.05, 4.69) is 0 Å². The Balaban J connectivity index is 2.20. The highest BCUT2D eigenvalue weighted by Crippen LogP contribution is 2.30. The van der Waals surface area contributed by atoms with Gasteiger partial charge in [0, 0.05) is 0 Å². The van der Waals surface area contributed by atoms with Crippen LogP contribution in [0.3, 0.4) is 0 Å². The maximum atomic E-state index is 13.2. The summed E-state index contributed by atoms with van der Waals surface area (Å²) in [5.41, 5.74) is -2.71. The van der Waals surface area contributed by atoms with Crippen LogP contribution in [0.25, 0.3) is 0 Å². The lowest BCUT2D eigenvalue weighted by Crippen LogP contribution is -2.13. The fourth-order valence-corrected chi connectivity index (χ4v) is 6.22. The molecule has 3 rings (SSSR count). The molecule has 14 heteroatoms. The van der Waals surface area contributed by atoms with Gasteiger partial charge in [0.1, 0.15) is 0 Å². The number of hydrogen-bond donors (Lipinski definition) is 4. The number of carbonyl (C=O) groups is 4. The lowest BCUT2D eigenvalue weighted by molar-refractivity contribution is 0.0673. The Morgan fingerprint density at radius 1 is 0.500 bits per heavy atom. The first-order chi connectivity index (χ1) is 16.7. The molecule has 3 aromatic carbocycles. The maximum absolute atomic E-state index is 13.2. The maximum Gasteiger partial charge on any atom is 0.337 e. The Morgan fingerprint density at radius 3 is 1.17 bits per heavy atom. The summed E-state index contributed by atoms with van der Waals surface area (Å²) in [6.07, 6.45) is 0. The molecule has 12 nitrogen and oxygen atoms in total. The van der Waals surface area contributed by atoms with Gasteiger partial charge in [-0.15, -0.1) is 0 Å². The predicted octanol–water partition coefficient (Wildman–Crippen LogP) is 2.15. The summed E-state index contributed by atoms with van der Waals surface area (Å²) in [4.78, 5) is 42.6. The minimum absolute atomic E-state index is 0.492. The summed E-state index contributed by atoms with van der Waals surface area (Å²) in [5.74, 6) is -6.49. The number of carboxylic acid groups (broad SMARTS) is 4. The first-order valence-electron chi connectivity index (χ1n) is 9.49. The second-order valence-electron chi connectivity index (χ2n) is 7.12. The zero-order valence-corrected chi connectivity index (χ0v) is 19.3. The van der Waals surface area contributed by atoms with Gasteiger partial charge in [0.2, 0.25) is 19.7 Å². The molecule has 0 atom stereocenters. The third-order valence-electron chi connectivity index (χ3n) is 4.92. The molecular weight excluding hydrogens is 520 g/mol. The van der Waals surface area contributed by atoms with Crippen LogP contribution < -0.4 is 0 Å². The van der Waals surface area contributed by atoms with Crippen molar-refractivity contribution in [3.05, 3.63) is 82.9 Å². The standard InChI is InChI=1S/C22H14O12S2/c23-19(24)11-4-6-17(15(8-11)21(27)28)35(31,32)13-2-1-3-14(10-13)36(33,34)18-7-5-12(20(25)26)9-16(18)22(29)30/h1-10H,(H,23,24)(H,25,26)(H,27,28)(H,29,30). The predicted molar refractivity (Wildman–Crippen MR) is 118 cm³/mol. The van der Waals surface area contributed by atoms with Crippen LogP contribution in [0.1, 0.15) is 41.4 Å². The van der Waals surface area contributed by atoms with Gasteiger partial charge in [-0.1, -0.05) is 6.07 Å². The summed E-state index contributed by atoms with van der Waals surface area (Å²) in [7, 11) is -9.40. The van der Waals surface area contributed by atoms with Crippen molar-refractivity contribution in [2.45, 2.75) is 19.6 Å². The van der Waals surface area contributed by atoms with Gasteiger partial charge in [-0.05, 0) is 54.6 Å². The van der Waals surface area contributed by atoms with E-state index in [4.69, 9.17) is 10.2 Å². The summed E-state index contributed by atoms with van der Waals surface area (Å²) in [5, 5.41) is 36.9. The number of aromatic carboxylic acids is 4. The average Bonchev–Trinajstić information content (AvgIpc) is 2.83. The number of sulfone groups is 2. The normalized spacial score (nSPS) is 11.6. The van der Waals surface area contributed by atoms with Crippen LogP contribution in [-0.4, -0.2) is 61.1 Å². The van der Waals surface area contributed by atoms with Crippen molar-refractivity contribution >= 4 is 43.6 Å². The SMILES string of the molecule is O=C(O)c1ccc(S(=O)(=O)c2cccc(S(=O)(=O)c3ccc(C(=O)O)cc3C(=O)O)c2)c(C(=O)O)c1. The minimum atomic E-state index is -4.70. The molecule has 0 aromatic heterocycles. The van der Waals surface area contributed by atoms with Crippen LogP contribution >= 0.6 is 0 Å². The van der Waals surface area contributed by atoms with Gasteiger partial charge in [-0.2, -0.15) is 0 Å². The molecule has 186 valence electrons. The number of hydrogen-bond acceptors (Lipinski definition) is 8. The molecule has 0 bridgehead atoms. The molecule has 4 N–H and O–H groups in total. The van der Waals surface area contributed by atoms with Crippen LogP contribution in [-0.2, 0) is 19.7 Å². The van der Waals surface area contributed by atoms with E-state index >= 15 is 0 Å². The van der Waals surface area contributed by atoms with E-state index in [1.165, 1.54) is 0 Å². The molecule has 36 heavy (non-hydrogen) atoms. The van der Waals surface area contributed by atoms with Crippen molar-refractivity contribution in [2.24, 2.45) is 0 Å². The van der Waals surface area contributed by atoms with E-state index < -0.39 is 85.4 Å². The van der Waals surface area contributed by atoms with Gasteiger partial charge in [0.25, 0.3) is 0 Å². The van der Waals surface area contributed by atoms with Crippen molar-refractivity contribution in [1.82, 2.24) is 0 Å². The molecule has 3 aromatic rings.